The Morgan fingerprint density at radius 2 is 2.28 bits per heavy atom. The van der Waals surface area contributed by atoms with Crippen molar-refractivity contribution < 1.29 is 9.66 Å². The summed E-state index contributed by atoms with van der Waals surface area (Å²) < 4.78 is 6.03. The fourth-order valence-electron chi connectivity index (χ4n) is 5.41. The Bertz CT molecular complexity index is 417. The van der Waals surface area contributed by atoms with Crippen molar-refractivity contribution in [3.8, 4) is 0 Å². The van der Waals surface area contributed by atoms with Gasteiger partial charge in [-0.3, -0.25) is 10.1 Å². The first-order valence-corrected chi connectivity index (χ1v) is 8.00. The lowest BCUT2D eigenvalue weighted by molar-refractivity contribution is -0.583. The summed E-state index contributed by atoms with van der Waals surface area (Å²) in [6.07, 6.45) is 6.12. The Morgan fingerprint density at radius 1 is 1.44 bits per heavy atom. The summed E-state index contributed by atoms with van der Waals surface area (Å²) >= 11 is 1.82. The van der Waals surface area contributed by atoms with Gasteiger partial charge in [0.15, 0.2) is 0 Å². The summed E-state index contributed by atoms with van der Waals surface area (Å²) in [5.41, 5.74) is -0.432. The van der Waals surface area contributed by atoms with Gasteiger partial charge in [0.1, 0.15) is 5.44 Å². The van der Waals surface area contributed by atoms with E-state index in [2.05, 4.69) is 6.92 Å². The smallest absolute Gasteiger partial charge is 0.239 e. The van der Waals surface area contributed by atoms with Crippen molar-refractivity contribution in [1.29, 1.82) is 0 Å². The van der Waals surface area contributed by atoms with Crippen LogP contribution in [0.25, 0.3) is 0 Å². The molecule has 4 rings (SSSR count). The van der Waals surface area contributed by atoms with Crippen molar-refractivity contribution in [3.63, 3.8) is 0 Å². The first-order chi connectivity index (χ1) is 8.64. The molecule has 1 saturated heterocycles. The Morgan fingerprint density at radius 3 is 3.00 bits per heavy atom. The molecule has 3 saturated carbocycles. The van der Waals surface area contributed by atoms with Crippen LogP contribution in [0.5, 0.6) is 0 Å². The Kier molecular flexibility index (Phi) is 2.19. The standard InChI is InChI=1S/C13H19NO3S/c1-2-11-17-10-7-8-6-9(10)13(18-11)5-3-4-12(8,13)14(15)16/h8-11H,2-7H2,1H3/t8-,9+,10-,11+,12-,13-/m1/s1. The number of hydrogen-bond acceptors (Lipinski definition) is 4. The molecule has 0 aromatic rings. The number of hydrogen-bond donors (Lipinski definition) is 0. The monoisotopic (exact) mass is 269 g/mol. The molecule has 4 aliphatic rings. The highest BCUT2D eigenvalue weighted by Gasteiger charge is 2.81. The topological polar surface area (TPSA) is 52.4 Å². The van der Waals surface area contributed by atoms with Gasteiger partial charge in [-0.1, -0.05) is 6.92 Å². The second-order valence-corrected chi connectivity index (χ2v) is 7.82. The lowest BCUT2D eigenvalue weighted by atomic mass is 9.73. The molecule has 0 aromatic heterocycles. The fourth-order valence-corrected chi connectivity index (χ4v) is 7.48. The van der Waals surface area contributed by atoms with Crippen molar-refractivity contribution in [3.05, 3.63) is 10.1 Å². The minimum Gasteiger partial charge on any atom is -0.364 e. The van der Waals surface area contributed by atoms with Crippen LogP contribution >= 0.6 is 11.8 Å². The number of rotatable bonds is 2. The molecule has 0 radical (unpaired) electrons. The van der Waals surface area contributed by atoms with Crippen LogP contribution in [0.3, 0.4) is 0 Å². The first kappa shape index (κ1) is 11.5. The third-order valence-electron chi connectivity index (χ3n) is 5.94. The molecule has 0 amide bonds. The Hall–Kier alpha value is -0.290. The van der Waals surface area contributed by atoms with Crippen molar-refractivity contribution in [2.75, 3.05) is 0 Å². The molecule has 1 aliphatic heterocycles. The van der Waals surface area contributed by atoms with Crippen LogP contribution in [0, 0.1) is 22.0 Å². The molecule has 1 heterocycles. The molecule has 0 unspecified atom stereocenters. The molecular weight excluding hydrogens is 250 g/mol. The van der Waals surface area contributed by atoms with E-state index in [1.54, 1.807) is 0 Å². The van der Waals surface area contributed by atoms with E-state index in [1.807, 2.05) is 11.8 Å². The SMILES string of the molecule is CC[C@H]1O[C@@H]2C[C@H]3C[C@@H]2[C@@]2(CCC[C@@]32[N+](=O)[O-])S1. The van der Waals surface area contributed by atoms with E-state index >= 15 is 0 Å². The van der Waals surface area contributed by atoms with E-state index in [9.17, 15) is 10.1 Å². The molecule has 18 heavy (non-hydrogen) atoms. The van der Waals surface area contributed by atoms with Gasteiger partial charge in [-0.25, -0.2) is 0 Å². The zero-order chi connectivity index (χ0) is 12.5. The molecule has 3 aliphatic carbocycles. The zero-order valence-electron chi connectivity index (χ0n) is 10.6. The van der Waals surface area contributed by atoms with E-state index in [0.29, 0.717) is 12.0 Å². The van der Waals surface area contributed by atoms with E-state index in [0.717, 1.165) is 38.5 Å². The van der Waals surface area contributed by atoms with Crippen LogP contribution < -0.4 is 0 Å². The molecule has 4 fully saturated rings. The maximum atomic E-state index is 11.8. The number of ether oxygens (including phenoxy) is 1. The van der Waals surface area contributed by atoms with Gasteiger partial charge in [-0.05, 0) is 32.1 Å². The van der Waals surface area contributed by atoms with Crippen molar-refractivity contribution in [2.24, 2.45) is 11.8 Å². The number of thioether (sulfide) groups is 1. The molecule has 6 atom stereocenters. The third kappa shape index (κ3) is 1.02. The Balaban J connectivity index is 1.83. The highest BCUT2D eigenvalue weighted by atomic mass is 32.2. The zero-order valence-corrected chi connectivity index (χ0v) is 11.4. The minimum atomic E-state index is -0.615. The highest BCUT2D eigenvalue weighted by molar-refractivity contribution is 8.01. The van der Waals surface area contributed by atoms with Crippen LogP contribution in [-0.2, 0) is 4.74 Å². The van der Waals surface area contributed by atoms with Crippen LogP contribution in [0.15, 0.2) is 0 Å². The molecular formula is C13H19NO3S. The molecule has 2 bridgehead atoms. The number of nitrogens with zero attached hydrogens (tertiary/aromatic N) is 1. The molecule has 1 spiro atoms. The second-order valence-electron chi connectivity index (χ2n) is 6.33. The van der Waals surface area contributed by atoms with Crippen molar-refractivity contribution >= 4 is 11.8 Å². The first-order valence-electron chi connectivity index (χ1n) is 7.12. The third-order valence-corrected chi connectivity index (χ3v) is 7.93. The molecule has 0 N–H and O–H groups in total. The Labute approximate surface area is 111 Å². The van der Waals surface area contributed by atoms with Gasteiger partial charge in [0.2, 0.25) is 5.54 Å². The molecule has 0 aromatic carbocycles. The summed E-state index contributed by atoms with van der Waals surface area (Å²) in [6.45, 7) is 2.13. The average Bonchev–Trinajstić information content (AvgIpc) is 2.95. The lowest BCUT2D eigenvalue weighted by Crippen LogP contribution is -2.63. The number of nitro groups is 1. The van der Waals surface area contributed by atoms with Gasteiger partial charge in [0.25, 0.3) is 0 Å². The van der Waals surface area contributed by atoms with Gasteiger partial charge in [0, 0.05) is 23.2 Å². The van der Waals surface area contributed by atoms with E-state index in [1.165, 1.54) is 0 Å². The minimum absolute atomic E-state index is 0.0942. The van der Waals surface area contributed by atoms with Gasteiger partial charge in [-0.2, -0.15) is 0 Å². The predicted molar refractivity (Wildman–Crippen MR) is 69.1 cm³/mol. The summed E-state index contributed by atoms with van der Waals surface area (Å²) in [7, 11) is 0. The summed E-state index contributed by atoms with van der Waals surface area (Å²) in [5, 5.41) is 11.8. The van der Waals surface area contributed by atoms with Gasteiger partial charge < -0.3 is 4.74 Å². The molecule has 4 nitrogen and oxygen atoms in total. The average molecular weight is 269 g/mol. The maximum Gasteiger partial charge on any atom is 0.239 e. The summed E-state index contributed by atoms with van der Waals surface area (Å²) in [5.74, 6) is 0.721. The van der Waals surface area contributed by atoms with E-state index in [4.69, 9.17) is 4.74 Å². The highest BCUT2D eigenvalue weighted by Crippen LogP contribution is 2.73. The molecule has 5 heteroatoms. The van der Waals surface area contributed by atoms with Gasteiger partial charge >= 0.3 is 0 Å². The van der Waals surface area contributed by atoms with Gasteiger partial charge in [-0.15, -0.1) is 11.8 Å². The van der Waals surface area contributed by atoms with Crippen LogP contribution in [0.4, 0.5) is 0 Å². The predicted octanol–water partition coefficient (Wildman–Crippen LogP) is 2.83. The number of fused-ring (bicyclic) bond motifs is 2. The van der Waals surface area contributed by atoms with Crippen molar-refractivity contribution in [2.45, 2.75) is 67.3 Å². The largest absolute Gasteiger partial charge is 0.364 e. The summed E-state index contributed by atoms with van der Waals surface area (Å²) in [6, 6.07) is 0. The second kappa shape index (κ2) is 3.42. The van der Waals surface area contributed by atoms with Crippen LogP contribution in [-0.4, -0.2) is 26.7 Å². The lowest BCUT2D eigenvalue weighted by Gasteiger charge is -2.50. The quantitative estimate of drug-likeness (QED) is 0.571. The normalized spacial score (nSPS) is 56.7. The van der Waals surface area contributed by atoms with E-state index in [-0.39, 0.29) is 21.0 Å². The van der Waals surface area contributed by atoms with Crippen LogP contribution in [0.2, 0.25) is 0 Å². The maximum absolute atomic E-state index is 11.8. The summed E-state index contributed by atoms with van der Waals surface area (Å²) in [4.78, 5) is 11.9. The fraction of sp³-hybridized carbons (Fsp3) is 1.00. The van der Waals surface area contributed by atoms with Gasteiger partial charge in [0.05, 0.1) is 10.9 Å². The van der Waals surface area contributed by atoms with E-state index < -0.39 is 5.54 Å². The van der Waals surface area contributed by atoms with Crippen LogP contribution in [0.1, 0.15) is 45.4 Å². The van der Waals surface area contributed by atoms with Crippen molar-refractivity contribution in [1.82, 2.24) is 0 Å². The molecule has 100 valence electrons.